The highest BCUT2D eigenvalue weighted by Gasteiger charge is 2.45. The van der Waals surface area contributed by atoms with Crippen molar-refractivity contribution in [3.8, 4) is 29.3 Å². The van der Waals surface area contributed by atoms with E-state index < -0.39 is 12.3 Å². The van der Waals surface area contributed by atoms with Gasteiger partial charge in [0.25, 0.3) is 0 Å². The summed E-state index contributed by atoms with van der Waals surface area (Å²) in [6, 6.07) is 18.7. The van der Waals surface area contributed by atoms with Gasteiger partial charge in [0, 0.05) is 16.8 Å². The first-order valence-corrected chi connectivity index (χ1v) is 12.9. The Kier molecular flexibility index (Phi) is 7.01. The van der Waals surface area contributed by atoms with E-state index in [-0.39, 0.29) is 12.5 Å². The number of hydrogen-bond acceptors (Lipinski definition) is 7. The number of halogens is 1. The molecule has 196 valence electrons. The molecule has 39 heavy (non-hydrogen) atoms. The third-order valence-electron chi connectivity index (χ3n) is 6.99. The van der Waals surface area contributed by atoms with E-state index in [0.717, 1.165) is 22.5 Å². The van der Waals surface area contributed by atoms with Crippen LogP contribution >= 0.6 is 11.6 Å². The van der Waals surface area contributed by atoms with Crippen molar-refractivity contribution in [2.24, 2.45) is 0 Å². The van der Waals surface area contributed by atoms with Gasteiger partial charge in [0.15, 0.2) is 6.23 Å². The SMILES string of the molecule is COc1cnc(CC#N)cc1-c1nc2c(n1C(C)C)[C@H](c1ccc(C#N)cc1)N(c1cc(Cl)ccc1C)C2O. The van der Waals surface area contributed by atoms with E-state index in [1.165, 1.54) is 0 Å². The molecule has 5 rings (SSSR count). The van der Waals surface area contributed by atoms with Crippen LogP contribution in [0.4, 0.5) is 5.69 Å². The lowest BCUT2D eigenvalue weighted by Gasteiger charge is -2.33. The van der Waals surface area contributed by atoms with Crippen LogP contribution in [0.2, 0.25) is 5.02 Å². The molecule has 0 radical (unpaired) electrons. The Labute approximate surface area is 232 Å². The monoisotopic (exact) mass is 538 g/mol. The summed E-state index contributed by atoms with van der Waals surface area (Å²) in [5, 5.41) is 31.0. The maximum atomic E-state index is 11.8. The van der Waals surface area contributed by atoms with Crippen molar-refractivity contribution in [2.45, 2.75) is 45.5 Å². The van der Waals surface area contributed by atoms with Crippen molar-refractivity contribution >= 4 is 17.3 Å². The third-order valence-corrected chi connectivity index (χ3v) is 7.22. The van der Waals surface area contributed by atoms with Crippen LogP contribution in [0.1, 0.15) is 65.9 Å². The third kappa shape index (κ3) is 4.48. The van der Waals surface area contributed by atoms with Gasteiger partial charge in [-0.15, -0.1) is 0 Å². The van der Waals surface area contributed by atoms with Crippen LogP contribution in [0.3, 0.4) is 0 Å². The predicted molar refractivity (Wildman–Crippen MR) is 148 cm³/mol. The molecule has 9 heteroatoms. The summed E-state index contributed by atoms with van der Waals surface area (Å²) in [7, 11) is 1.57. The van der Waals surface area contributed by atoms with Gasteiger partial charge < -0.3 is 19.3 Å². The highest BCUT2D eigenvalue weighted by Crippen LogP contribution is 2.50. The summed E-state index contributed by atoms with van der Waals surface area (Å²) in [4.78, 5) is 11.3. The minimum absolute atomic E-state index is 0.0398. The number of fused-ring (bicyclic) bond motifs is 1. The number of pyridine rings is 1. The van der Waals surface area contributed by atoms with Crippen LogP contribution in [-0.2, 0) is 6.42 Å². The van der Waals surface area contributed by atoms with Crippen molar-refractivity contribution in [2.75, 3.05) is 12.0 Å². The van der Waals surface area contributed by atoms with E-state index in [1.807, 2.05) is 48.2 Å². The Balaban J connectivity index is 1.79. The topological polar surface area (TPSA) is 111 Å². The molecular formula is C30H27ClN6O2. The van der Waals surface area contributed by atoms with Crippen molar-refractivity contribution in [1.82, 2.24) is 14.5 Å². The highest BCUT2D eigenvalue weighted by atomic mass is 35.5. The van der Waals surface area contributed by atoms with Crippen LogP contribution in [0.15, 0.2) is 54.7 Å². The lowest BCUT2D eigenvalue weighted by Crippen LogP contribution is -2.29. The number of aryl methyl sites for hydroxylation is 1. The van der Waals surface area contributed by atoms with Gasteiger partial charge in [-0.05, 0) is 62.2 Å². The zero-order valence-corrected chi connectivity index (χ0v) is 22.8. The average Bonchev–Trinajstić information content (AvgIpc) is 3.45. The first-order valence-electron chi connectivity index (χ1n) is 12.5. The molecule has 0 bridgehead atoms. The largest absolute Gasteiger partial charge is 0.494 e. The van der Waals surface area contributed by atoms with Gasteiger partial charge >= 0.3 is 0 Å². The summed E-state index contributed by atoms with van der Waals surface area (Å²) in [5.41, 5.74) is 5.83. The molecule has 2 aromatic heterocycles. The van der Waals surface area contributed by atoms with Crippen LogP contribution in [0.5, 0.6) is 5.75 Å². The number of ether oxygens (including phenoxy) is 1. The van der Waals surface area contributed by atoms with Gasteiger partial charge in [-0.2, -0.15) is 10.5 Å². The average molecular weight is 539 g/mol. The normalized spacial score (nSPS) is 16.2. The molecule has 1 aliphatic rings. The second-order valence-electron chi connectivity index (χ2n) is 9.73. The van der Waals surface area contributed by atoms with Crippen LogP contribution in [0.25, 0.3) is 11.4 Å². The van der Waals surface area contributed by atoms with Crippen LogP contribution < -0.4 is 9.64 Å². The Morgan fingerprint density at radius 3 is 2.51 bits per heavy atom. The standard InChI is InChI=1S/C30H27ClN6O2/c1-17(2)36-28-26(35-29(36)23-14-22(11-12-32)34-16-25(23)39-4)30(38)37(24-13-21(31)10-5-18(24)3)27(28)20-8-6-19(15-33)7-9-20/h5-10,13-14,16-17,27,30,38H,11H2,1-4H3/t27-,30?/m0/s1. The lowest BCUT2D eigenvalue weighted by atomic mass is 10.0. The minimum Gasteiger partial charge on any atom is -0.494 e. The summed E-state index contributed by atoms with van der Waals surface area (Å²) >= 11 is 6.41. The summed E-state index contributed by atoms with van der Waals surface area (Å²) < 4.78 is 7.74. The molecule has 0 aliphatic carbocycles. The molecular weight excluding hydrogens is 512 g/mol. The van der Waals surface area contributed by atoms with Crippen molar-refractivity contribution in [1.29, 1.82) is 10.5 Å². The number of aromatic nitrogens is 3. The Hall–Kier alpha value is -4.37. The fourth-order valence-corrected chi connectivity index (χ4v) is 5.40. The summed E-state index contributed by atoms with van der Waals surface area (Å²) in [5.74, 6) is 1.14. The van der Waals surface area contributed by atoms with Crippen molar-refractivity contribution in [3.05, 3.63) is 93.5 Å². The molecule has 0 fully saturated rings. The quantitative estimate of drug-likeness (QED) is 0.319. The maximum absolute atomic E-state index is 11.8. The number of rotatable bonds is 6. The van der Waals surface area contributed by atoms with Gasteiger partial charge in [-0.3, -0.25) is 4.98 Å². The fraction of sp³-hybridized carbons (Fsp3) is 0.267. The number of nitrogens with zero attached hydrogens (tertiary/aromatic N) is 6. The molecule has 2 atom stereocenters. The number of nitriles is 2. The highest BCUT2D eigenvalue weighted by molar-refractivity contribution is 6.30. The zero-order chi connectivity index (χ0) is 27.8. The second kappa shape index (κ2) is 10.4. The molecule has 4 aromatic rings. The molecule has 1 aliphatic heterocycles. The van der Waals surface area contributed by atoms with Crippen molar-refractivity contribution < 1.29 is 9.84 Å². The van der Waals surface area contributed by atoms with Gasteiger partial charge in [0.05, 0.1) is 60.4 Å². The Morgan fingerprint density at radius 2 is 1.87 bits per heavy atom. The smallest absolute Gasteiger partial charge is 0.173 e. The number of benzene rings is 2. The molecule has 0 amide bonds. The Bertz CT molecular complexity index is 1630. The van der Waals surface area contributed by atoms with Crippen LogP contribution in [0, 0.1) is 29.6 Å². The zero-order valence-electron chi connectivity index (χ0n) is 22.1. The van der Waals surface area contributed by atoms with E-state index in [1.54, 1.807) is 25.4 Å². The molecule has 0 spiro atoms. The molecule has 0 saturated carbocycles. The van der Waals surface area contributed by atoms with E-state index in [9.17, 15) is 15.6 Å². The van der Waals surface area contributed by atoms with Gasteiger partial charge in [0.2, 0.25) is 0 Å². The fourth-order valence-electron chi connectivity index (χ4n) is 5.23. The van der Waals surface area contributed by atoms with E-state index in [0.29, 0.717) is 39.1 Å². The molecule has 1 unspecified atom stereocenters. The minimum atomic E-state index is -1.07. The first-order chi connectivity index (χ1) is 18.8. The summed E-state index contributed by atoms with van der Waals surface area (Å²) in [6.07, 6.45) is 0.683. The second-order valence-corrected chi connectivity index (χ2v) is 10.2. The van der Waals surface area contributed by atoms with Gasteiger partial charge in [0.1, 0.15) is 17.3 Å². The van der Waals surface area contributed by atoms with Gasteiger partial charge in [-0.25, -0.2) is 4.98 Å². The van der Waals surface area contributed by atoms with Crippen molar-refractivity contribution in [3.63, 3.8) is 0 Å². The van der Waals surface area contributed by atoms with E-state index in [4.69, 9.17) is 21.3 Å². The number of aliphatic hydroxyl groups excluding tert-OH is 1. The van der Waals surface area contributed by atoms with E-state index in [2.05, 4.69) is 35.5 Å². The molecule has 1 N–H and O–H groups in total. The first kappa shape index (κ1) is 26.2. The van der Waals surface area contributed by atoms with Gasteiger partial charge in [-0.1, -0.05) is 29.8 Å². The number of imidazole rings is 1. The predicted octanol–water partition coefficient (Wildman–Crippen LogP) is 6.03. The number of anilines is 1. The number of aliphatic hydroxyl groups is 1. The number of methoxy groups -OCH3 is 1. The molecule has 0 saturated heterocycles. The molecule has 8 nitrogen and oxygen atoms in total. The van der Waals surface area contributed by atoms with E-state index >= 15 is 0 Å². The molecule has 2 aromatic carbocycles. The number of hydrogen-bond donors (Lipinski definition) is 1. The maximum Gasteiger partial charge on any atom is 0.173 e. The Morgan fingerprint density at radius 1 is 1.13 bits per heavy atom. The lowest BCUT2D eigenvalue weighted by molar-refractivity contribution is 0.174. The molecule has 3 heterocycles. The summed E-state index contributed by atoms with van der Waals surface area (Å²) in [6.45, 7) is 6.10. The van der Waals surface area contributed by atoms with Crippen LogP contribution in [-0.4, -0.2) is 26.8 Å².